The minimum Gasteiger partial charge on any atom is -0.336 e. The van der Waals surface area contributed by atoms with Gasteiger partial charge in [0.25, 0.3) is 5.56 Å². The number of aryl methyl sites for hydroxylation is 2. The van der Waals surface area contributed by atoms with Crippen LogP contribution in [0.4, 0.5) is 0 Å². The lowest BCUT2D eigenvalue weighted by Gasteiger charge is -2.02. The average molecular weight is 254 g/mol. The van der Waals surface area contributed by atoms with Gasteiger partial charge in [0.05, 0.1) is 11.2 Å². The Bertz CT molecular complexity index is 786. The molecule has 2 heterocycles. The first kappa shape index (κ1) is 11.6. The normalized spacial score (nSPS) is 11.1. The minimum atomic E-state index is -0.241. The number of H-pyrrole nitrogens is 1. The van der Waals surface area contributed by atoms with E-state index in [2.05, 4.69) is 15.1 Å². The molecule has 0 saturated carbocycles. The Kier molecular flexibility index (Phi) is 2.67. The second kappa shape index (κ2) is 4.35. The number of fused-ring (bicyclic) bond motifs is 1. The molecule has 2 aromatic heterocycles. The molecule has 0 spiro atoms. The van der Waals surface area contributed by atoms with E-state index in [1.54, 1.807) is 4.68 Å². The van der Waals surface area contributed by atoms with Crippen molar-refractivity contribution in [2.45, 2.75) is 20.4 Å². The van der Waals surface area contributed by atoms with Crippen LogP contribution in [0.2, 0.25) is 0 Å². The summed E-state index contributed by atoms with van der Waals surface area (Å²) < 4.78 is 1.69. The predicted octanol–water partition coefficient (Wildman–Crippen LogP) is 2.11. The highest BCUT2D eigenvalue weighted by Gasteiger charge is 2.13. The first-order valence-electron chi connectivity index (χ1n) is 6.23. The molecule has 5 nitrogen and oxygen atoms in total. The van der Waals surface area contributed by atoms with Crippen molar-refractivity contribution in [2.24, 2.45) is 0 Å². The van der Waals surface area contributed by atoms with Crippen LogP contribution in [0.3, 0.4) is 0 Å². The Balaban J connectivity index is 2.32. The van der Waals surface area contributed by atoms with Crippen molar-refractivity contribution in [1.82, 2.24) is 19.7 Å². The average Bonchev–Trinajstić information content (AvgIpc) is 2.77. The number of hydrogen-bond donors (Lipinski definition) is 1. The van der Waals surface area contributed by atoms with Crippen LogP contribution in [0.5, 0.6) is 0 Å². The van der Waals surface area contributed by atoms with Crippen LogP contribution in [0.15, 0.2) is 35.1 Å². The van der Waals surface area contributed by atoms with Gasteiger partial charge < -0.3 is 4.98 Å². The summed E-state index contributed by atoms with van der Waals surface area (Å²) in [7, 11) is 0. The maximum Gasteiger partial charge on any atom is 0.299 e. The number of benzene rings is 1. The first-order valence-corrected chi connectivity index (χ1v) is 6.23. The fourth-order valence-corrected chi connectivity index (χ4v) is 2.21. The smallest absolute Gasteiger partial charge is 0.299 e. The van der Waals surface area contributed by atoms with Gasteiger partial charge in [-0.15, -0.1) is 0 Å². The summed E-state index contributed by atoms with van der Waals surface area (Å²) >= 11 is 0. The zero-order valence-electron chi connectivity index (χ0n) is 10.8. The summed E-state index contributed by atoms with van der Waals surface area (Å²) in [4.78, 5) is 19.5. The number of rotatable bonds is 2. The second-order valence-corrected chi connectivity index (χ2v) is 4.38. The number of nitrogens with zero attached hydrogens (tertiary/aromatic N) is 3. The van der Waals surface area contributed by atoms with Gasteiger partial charge in [0.15, 0.2) is 5.52 Å². The topological polar surface area (TPSA) is 63.6 Å². The van der Waals surface area contributed by atoms with E-state index in [4.69, 9.17) is 0 Å². The molecule has 0 aliphatic heterocycles. The lowest BCUT2D eigenvalue weighted by Crippen LogP contribution is -2.13. The number of hydrogen-bond acceptors (Lipinski definition) is 3. The van der Waals surface area contributed by atoms with Gasteiger partial charge in [-0.3, -0.25) is 9.48 Å². The van der Waals surface area contributed by atoms with Crippen molar-refractivity contribution in [3.05, 3.63) is 46.4 Å². The highest BCUT2D eigenvalue weighted by molar-refractivity contribution is 5.78. The van der Waals surface area contributed by atoms with Gasteiger partial charge in [0.2, 0.25) is 0 Å². The number of aromatic amines is 1. The molecule has 5 heteroatoms. The Labute approximate surface area is 109 Å². The molecular formula is C14H14N4O. The fourth-order valence-electron chi connectivity index (χ4n) is 2.21. The number of aromatic nitrogens is 4. The van der Waals surface area contributed by atoms with Crippen LogP contribution in [-0.4, -0.2) is 19.7 Å². The summed E-state index contributed by atoms with van der Waals surface area (Å²) in [6.07, 6.45) is 0. The third-order valence-corrected chi connectivity index (χ3v) is 3.13. The molecule has 0 fully saturated rings. The Hall–Kier alpha value is -2.43. The Morgan fingerprint density at radius 3 is 2.68 bits per heavy atom. The summed E-state index contributed by atoms with van der Waals surface area (Å²) in [6.45, 7) is 4.50. The molecule has 1 aromatic carbocycles. The van der Waals surface area contributed by atoms with E-state index >= 15 is 0 Å². The Morgan fingerprint density at radius 1 is 1.26 bits per heavy atom. The molecule has 0 radical (unpaired) electrons. The molecule has 0 atom stereocenters. The van der Waals surface area contributed by atoms with Crippen LogP contribution in [0.25, 0.3) is 22.4 Å². The monoisotopic (exact) mass is 254 g/mol. The van der Waals surface area contributed by atoms with Crippen molar-refractivity contribution < 1.29 is 0 Å². The van der Waals surface area contributed by atoms with E-state index in [0.29, 0.717) is 17.9 Å². The van der Waals surface area contributed by atoms with Crippen molar-refractivity contribution in [3.63, 3.8) is 0 Å². The molecule has 0 aliphatic carbocycles. The molecule has 3 rings (SSSR count). The van der Waals surface area contributed by atoms with Gasteiger partial charge in [-0.2, -0.15) is 10.1 Å². The highest BCUT2D eigenvalue weighted by atomic mass is 16.1. The molecule has 0 amide bonds. The van der Waals surface area contributed by atoms with Gasteiger partial charge in [-0.25, -0.2) is 0 Å². The van der Waals surface area contributed by atoms with E-state index in [9.17, 15) is 4.79 Å². The highest BCUT2D eigenvalue weighted by Crippen LogP contribution is 2.17. The Morgan fingerprint density at radius 2 is 2.00 bits per heavy atom. The van der Waals surface area contributed by atoms with Gasteiger partial charge in [-0.1, -0.05) is 30.3 Å². The van der Waals surface area contributed by atoms with E-state index in [0.717, 1.165) is 16.8 Å². The van der Waals surface area contributed by atoms with Gasteiger partial charge in [0.1, 0.15) is 5.82 Å². The van der Waals surface area contributed by atoms with Gasteiger partial charge >= 0.3 is 0 Å². The minimum absolute atomic E-state index is 0.241. The summed E-state index contributed by atoms with van der Waals surface area (Å²) in [5.41, 5.74) is 2.77. The van der Waals surface area contributed by atoms with Crippen molar-refractivity contribution in [2.75, 3.05) is 0 Å². The van der Waals surface area contributed by atoms with Crippen molar-refractivity contribution in [3.8, 4) is 11.4 Å². The molecule has 0 saturated heterocycles. The van der Waals surface area contributed by atoms with Crippen LogP contribution in [-0.2, 0) is 6.54 Å². The standard InChI is InChI=1S/C14H14N4O/c1-3-18-12-11(9(2)17-18)15-13(16-14(12)19)10-7-5-4-6-8-10/h4-8H,3H2,1-2H3,(H,15,16,19). The predicted molar refractivity (Wildman–Crippen MR) is 74.0 cm³/mol. The quantitative estimate of drug-likeness (QED) is 0.761. The molecular weight excluding hydrogens is 240 g/mol. The summed E-state index contributed by atoms with van der Waals surface area (Å²) in [5.74, 6) is 0.580. The van der Waals surface area contributed by atoms with E-state index in [-0.39, 0.29) is 5.56 Å². The molecule has 96 valence electrons. The zero-order valence-corrected chi connectivity index (χ0v) is 10.8. The lowest BCUT2D eigenvalue weighted by molar-refractivity contribution is 0.673. The molecule has 1 N–H and O–H groups in total. The third-order valence-electron chi connectivity index (χ3n) is 3.13. The maximum atomic E-state index is 12.2. The van der Waals surface area contributed by atoms with Crippen molar-refractivity contribution in [1.29, 1.82) is 0 Å². The van der Waals surface area contributed by atoms with Crippen LogP contribution < -0.4 is 5.56 Å². The summed E-state index contributed by atoms with van der Waals surface area (Å²) in [6, 6.07) is 9.61. The second-order valence-electron chi connectivity index (χ2n) is 4.38. The zero-order chi connectivity index (χ0) is 13.4. The third kappa shape index (κ3) is 1.83. The SMILES string of the molecule is CCn1nc(C)c2[nH]c(-c3ccccc3)nc(=O)c21. The fraction of sp³-hybridized carbons (Fsp3) is 0.214. The molecule has 0 bridgehead atoms. The van der Waals surface area contributed by atoms with E-state index < -0.39 is 0 Å². The molecule has 0 aliphatic rings. The van der Waals surface area contributed by atoms with Crippen LogP contribution in [0, 0.1) is 6.92 Å². The molecule has 19 heavy (non-hydrogen) atoms. The van der Waals surface area contributed by atoms with E-state index in [1.165, 1.54) is 0 Å². The summed E-state index contributed by atoms with van der Waals surface area (Å²) in [5, 5.41) is 4.35. The lowest BCUT2D eigenvalue weighted by atomic mass is 10.2. The van der Waals surface area contributed by atoms with Crippen LogP contribution in [0.1, 0.15) is 12.6 Å². The molecule has 3 aromatic rings. The largest absolute Gasteiger partial charge is 0.336 e. The van der Waals surface area contributed by atoms with Crippen LogP contribution >= 0.6 is 0 Å². The number of nitrogens with one attached hydrogen (secondary N) is 1. The molecule has 0 unspecified atom stereocenters. The van der Waals surface area contributed by atoms with E-state index in [1.807, 2.05) is 44.2 Å². The van der Waals surface area contributed by atoms with Gasteiger partial charge in [-0.05, 0) is 13.8 Å². The van der Waals surface area contributed by atoms with Crippen molar-refractivity contribution >= 4 is 11.0 Å². The maximum absolute atomic E-state index is 12.2. The first-order chi connectivity index (χ1) is 9.20. The van der Waals surface area contributed by atoms with Gasteiger partial charge in [0, 0.05) is 12.1 Å².